The lowest BCUT2D eigenvalue weighted by Crippen LogP contribution is -2.30. The molecule has 0 saturated carbocycles. The molecule has 184 valence electrons. The van der Waals surface area contributed by atoms with Crippen molar-refractivity contribution in [2.45, 2.75) is 18.0 Å². The van der Waals surface area contributed by atoms with E-state index in [9.17, 15) is 13.2 Å². The van der Waals surface area contributed by atoms with Gasteiger partial charge in [-0.2, -0.15) is 9.41 Å². The van der Waals surface area contributed by atoms with Gasteiger partial charge in [0.15, 0.2) is 0 Å². The highest BCUT2D eigenvalue weighted by atomic mass is 35.5. The number of hydrogen-bond acceptors (Lipinski definition) is 5. The van der Waals surface area contributed by atoms with Crippen molar-refractivity contribution in [2.24, 2.45) is 5.10 Å². The Labute approximate surface area is 219 Å². The van der Waals surface area contributed by atoms with Crippen LogP contribution < -0.4 is 5.43 Å². The average Bonchev–Trinajstić information content (AvgIpc) is 3.33. The molecule has 4 rings (SSSR count). The maximum Gasteiger partial charge on any atom is 0.271 e. The van der Waals surface area contributed by atoms with Crippen molar-refractivity contribution in [3.8, 4) is 0 Å². The van der Waals surface area contributed by atoms with Gasteiger partial charge in [0.1, 0.15) is 11.5 Å². The number of furan rings is 1. The maximum atomic E-state index is 13.4. The van der Waals surface area contributed by atoms with Gasteiger partial charge in [0.2, 0.25) is 10.0 Å². The molecule has 0 aliphatic heterocycles. The van der Waals surface area contributed by atoms with Crippen LogP contribution in [0.25, 0.3) is 0 Å². The number of halogens is 2. The van der Waals surface area contributed by atoms with Crippen LogP contribution in [0.5, 0.6) is 0 Å². The van der Waals surface area contributed by atoms with Gasteiger partial charge in [-0.25, -0.2) is 13.8 Å². The zero-order chi connectivity index (χ0) is 25.5. The van der Waals surface area contributed by atoms with Crippen LogP contribution in [-0.4, -0.2) is 24.8 Å². The molecule has 7 nitrogen and oxygen atoms in total. The number of carbonyl (C=O) groups is 1. The fourth-order valence-electron chi connectivity index (χ4n) is 3.30. The highest BCUT2D eigenvalue weighted by Gasteiger charge is 2.26. The zero-order valence-electron chi connectivity index (χ0n) is 18.8. The summed E-state index contributed by atoms with van der Waals surface area (Å²) in [6.45, 7) is 0.112. The summed E-state index contributed by atoms with van der Waals surface area (Å²) in [6.07, 6.45) is 1.34. The van der Waals surface area contributed by atoms with Gasteiger partial charge >= 0.3 is 0 Å². The largest absolute Gasteiger partial charge is 0.459 e. The number of amides is 1. The van der Waals surface area contributed by atoms with Crippen LogP contribution >= 0.6 is 23.2 Å². The summed E-state index contributed by atoms with van der Waals surface area (Å²) in [6, 6.07) is 24.9. The number of hydrazone groups is 1. The lowest BCUT2D eigenvalue weighted by Gasteiger charge is -2.21. The van der Waals surface area contributed by atoms with Crippen molar-refractivity contribution in [1.82, 2.24) is 9.73 Å². The highest BCUT2D eigenvalue weighted by Crippen LogP contribution is 2.22. The summed E-state index contributed by atoms with van der Waals surface area (Å²) in [5.74, 6) is 0.358. The lowest BCUT2D eigenvalue weighted by molar-refractivity contribution is 0.0955. The SMILES string of the molecule is O=C(N/N=C\c1ccc(CN(Cc2ccc(Cl)cc2)S(=O)(=O)c2ccccc2)o1)c1ccc(Cl)cc1. The molecule has 4 aromatic rings. The van der Waals surface area contributed by atoms with E-state index in [-0.39, 0.29) is 18.0 Å². The van der Waals surface area contributed by atoms with E-state index in [0.717, 1.165) is 5.56 Å². The molecule has 0 unspecified atom stereocenters. The van der Waals surface area contributed by atoms with E-state index >= 15 is 0 Å². The Bertz CT molecular complexity index is 1450. The summed E-state index contributed by atoms with van der Waals surface area (Å²) in [5.41, 5.74) is 3.59. The normalized spacial score (nSPS) is 11.8. The van der Waals surface area contributed by atoms with Crippen molar-refractivity contribution < 1.29 is 17.6 Å². The van der Waals surface area contributed by atoms with E-state index < -0.39 is 15.9 Å². The molecule has 0 fully saturated rings. The molecule has 1 N–H and O–H groups in total. The molecule has 0 aliphatic rings. The van der Waals surface area contributed by atoms with Gasteiger partial charge in [-0.05, 0) is 66.2 Å². The topological polar surface area (TPSA) is 92.0 Å². The third kappa shape index (κ3) is 6.61. The van der Waals surface area contributed by atoms with Gasteiger partial charge < -0.3 is 4.42 Å². The number of hydrogen-bond donors (Lipinski definition) is 1. The molecule has 0 spiro atoms. The van der Waals surface area contributed by atoms with Crippen LogP contribution in [0.2, 0.25) is 10.0 Å². The van der Waals surface area contributed by atoms with Crippen LogP contribution in [0, 0.1) is 0 Å². The summed E-state index contributed by atoms with van der Waals surface area (Å²) >= 11 is 11.8. The molecule has 0 bridgehead atoms. The number of carbonyl (C=O) groups excluding carboxylic acids is 1. The van der Waals surface area contributed by atoms with Crippen molar-refractivity contribution in [3.05, 3.63) is 124 Å². The van der Waals surface area contributed by atoms with Crippen LogP contribution in [0.4, 0.5) is 0 Å². The Morgan fingerprint density at radius 3 is 2.17 bits per heavy atom. The monoisotopic (exact) mass is 541 g/mol. The third-order valence-corrected chi connectivity index (χ3v) is 7.44. The minimum absolute atomic E-state index is 0.00910. The van der Waals surface area contributed by atoms with Gasteiger partial charge in [0, 0.05) is 22.2 Å². The number of nitrogens with zero attached hydrogens (tertiary/aromatic N) is 2. The minimum atomic E-state index is -3.82. The van der Waals surface area contributed by atoms with Crippen LogP contribution in [0.3, 0.4) is 0 Å². The standard InChI is InChI=1S/C26H21Cl2N3O4S/c27-21-10-6-19(7-11-21)17-31(36(33,34)25-4-2-1-3-5-25)18-24-15-14-23(35-24)16-29-30-26(32)20-8-12-22(28)13-9-20/h1-16H,17-18H2,(H,30,32)/b29-16-. The minimum Gasteiger partial charge on any atom is -0.459 e. The van der Waals surface area contributed by atoms with E-state index in [4.69, 9.17) is 27.6 Å². The van der Waals surface area contributed by atoms with E-state index in [1.807, 2.05) is 0 Å². The van der Waals surface area contributed by atoms with Crippen LogP contribution in [-0.2, 0) is 23.1 Å². The Balaban J connectivity index is 1.49. The predicted molar refractivity (Wildman–Crippen MR) is 140 cm³/mol. The molecule has 3 aromatic carbocycles. The highest BCUT2D eigenvalue weighted by molar-refractivity contribution is 7.89. The second kappa shape index (κ2) is 11.5. The first-order valence-electron chi connectivity index (χ1n) is 10.8. The summed E-state index contributed by atoms with van der Waals surface area (Å²) in [7, 11) is -3.82. The predicted octanol–water partition coefficient (Wildman–Crippen LogP) is 5.74. The average molecular weight is 542 g/mol. The quantitative estimate of drug-likeness (QED) is 0.216. The van der Waals surface area contributed by atoms with Gasteiger partial charge in [0.05, 0.1) is 17.7 Å². The van der Waals surface area contributed by atoms with Crippen molar-refractivity contribution >= 4 is 45.3 Å². The molecule has 0 saturated heterocycles. The second-order valence-corrected chi connectivity index (χ2v) is 10.5. The molecule has 1 amide bonds. The van der Waals surface area contributed by atoms with Crippen molar-refractivity contribution in [3.63, 3.8) is 0 Å². The summed E-state index contributed by atoms with van der Waals surface area (Å²) < 4.78 is 33.9. The molecule has 10 heteroatoms. The van der Waals surface area contributed by atoms with Crippen LogP contribution in [0.15, 0.2) is 105 Å². The van der Waals surface area contributed by atoms with Gasteiger partial charge in [-0.15, -0.1) is 0 Å². The van der Waals surface area contributed by atoms with Gasteiger partial charge in [-0.1, -0.05) is 53.5 Å². The Hall–Kier alpha value is -3.43. The molecule has 0 atom stereocenters. The molecule has 1 aromatic heterocycles. The van der Waals surface area contributed by atoms with E-state index in [1.54, 1.807) is 91.0 Å². The molecule has 1 heterocycles. The van der Waals surface area contributed by atoms with Crippen molar-refractivity contribution in [2.75, 3.05) is 0 Å². The van der Waals surface area contributed by atoms with Crippen LogP contribution in [0.1, 0.15) is 27.4 Å². The first-order valence-corrected chi connectivity index (χ1v) is 13.0. The Morgan fingerprint density at radius 1 is 0.861 bits per heavy atom. The van der Waals surface area contributed by atoms with E-state index in [2.05, 4.69) is 10.5 Å². The Morgan fingerprint density at radius 2 is 1.50 bits per heavy atom. The number of sulfonamides is 1. The third-order valence-electron chi connectivity index (χ3n) is 5.13. The van der Waals surface area contributed by atoms with Gasteiger partial charge in [-0.3, -0.25) is 4.79 Å². The summed E-state index contributed by atoms with van der Waals surface area (Å²) in [4.78, 5) is 12.3. The molecular weight excluding hydrogens is 521 g/mol. The molecular formula is C26H21Cl2N3O4S. The molecule has 36 heavy (non-hydrogen) atoms. The first kappa shape index (κ1) is 25.7. The van der Waals surface area contributed by atoms with E-state index in [0.29, 0.717) is 27.1 Å². The van der Waals surface area contributed by atoms with Crippen molar-refractivity contribution in [1.29, 1.82) is 0 Å². The van der Waals surface area contributed by atoms with Gasteiger partial charge in [0.25, 0.3) is 5.91 Å². The molecule has 0 aliphatic carbocycles. The Kier molecular flexibility index (Phi) is 8.22. The number of rotatable bonds is 9. The zero-order valence-corrected chi connectivity index (χ0v) is 21.2. The lowest BCUT2D eigenvalue weighted by atomic mass is 10.2. The first-order chi connectivity index (χ1) is 17.3. The number of nitrogens with one attached hydrogen (secondary N) is 1. The molecule has 0 radical (unpaired) electrons. The fraction of sp³-hybridized carbons (Fsp3) is 0.0769. The smallest absolute Gasteiger partial charge is 0.271 e. The fourth-order valence-corrected chi connectivity index (χ4v) is 4.97. The summed E-state index contributed by atoms with van der Waals surface area (Å²) in [5, 5.41) is 5.00. The number of benzene rings is 3. The maximum absolute atomic E-state index is 13.4. The van der Waals surface area contributed by atoms with E-state index in [1.165, 1.54) is 10.5 Å². The second-order valence-electron chi connectivity index (χ2n) is 7.72.